The van der Waals surface area contributed by atoms with Crippen molar-refractivity contribution in [2.24, 2.45) is 0 Å². The van der Waals surface area contributed by atoms with Crippen LogP contribution >= 0.6 is 34.8 Å². The Bertz CT molecular complexity index is 1100. The van der Waals surface area contributed by atoms with Crippen LogP contribution < -0.4 is 14.2 Å². The summed E-state index contributed by atoms with van der Waals surface area (Å²) in [6.45, 7) is 2.81. The van der Waals surface area contributed by atoms with Gasteiger partial charge in [-0.05, 0) is 35.4 Å². The molecule has 0 fully saturated rings. The van der Waals surface area contributed by atoms with Crippen molar-refractivity contribution < 1.29 is 32.9 Å². The summed E-state index contributed by atoms with van der Waals surface area (Å²) in [5.41, 5.74) is 1.15. The fourth-order valence-electron chi connectivity index (χ4n) is 2.85. The molecule has 0 saturated heterocycles. The third-order valence-electron chi connectivity index (χ3n) is 4.89. The van der Waals surface area contributed by atoms with Gasteiger partial charge in [0.25, 0.3) is 0 Å². The van der Waals surface area contributed by atoms with Crippen LogP contribution in [0.3, 0.4) is 0 Å². The van der Waals surface area contributed by atoms with Gasteiger partial charge < -0.3 is 19.7 Å². The number of hydrogen-bond donors (Lipinski definition) is 3. The molecule has 34 heavy (non-hydrogen) atoms. The average molecular weight is 555 g/mol. The monoisotopic (exact) mass is 553 g/mol. The smallest absolute Gasteiger partial charge is 0.211 e. The fourth-order valence-corrected chi connectivity index (χ4v) is 3.94. The molecule has 0 aromatic heterocycles. The highest BCUT2D eigenvalue weighted by Gasteiger charge is 2.27. The van der Waals surface area contributed by atoms with E-state index in [1.54, 1.807) is 24.3 Å². The Labute approximate surface area is 213 Å². The lowest BCUT2D eigenvalue weighted by Crippen LogP contribution is -2.37. The molecule has 3 N–H and O–H groups in total. The van der Waals surface area contributed by atoms with E-state index in [9.17, 15) is 23.4 Å². The number of nitrogens with one attached hydrogen (secondary N) is 1. The number of ketones is 1. The van der Waals surface area contributed by atoms with Gasteiger partial charge in [0, 0.05) is 5.41 Å². The molecular formula is C22H26Cl3NO7S. The highest BCUT2D eigenvalue weighted by Crippen LogP contribution is 2.41. The summed E-state index contributed by atoms with van der Waals surface area (Å²) in [7, 11) is -3.45. The number of carbonyl (C=O) groups is 1. The maximum Gasteiger partial charge on any atom is 0.211 e. The molecule has 8 nitrogen and oxygen atoms in total. The molecular weight excluding hydrogens is 529 g/mol. The lowest BCUT2D eigenvalue weighted by atomic mass is 9.78. The molecule has 12 heteroatoms. The van der Waals surface area contributed by atoms with Crippen molar-refractivity contribution in [3.8, 4) is 11.5 Å². The number of alkyl halides is 1. The first-order valence-electron chi connectivity index (χ1n) is 9.97. The molecule has 0 aliphatic rings. The second-order valence-corrected chi connectivity index (χ2v) is 11.2. The number of aliphatic hydroxyl groups is 2. The van der Waals surface area contributed by atoms with Gasteiger partial charge in [0.05, 0.1) is 28.7 Å². The van der Waals surface area contributed by atoms with Gasteiger partial charge in [-0.2, -0.15) is 0 Å². The summed E-state index contributed by atoms with van der Waals surface area (Å²) in [4.78, 5) is 11.8. The number of Topliss-reactive ketones (excluding diaryl/α,β-unsaturated/α-hetero) is 1. The standard InChI is InChI=1S/C22H26Cl3NO7S/c1-21(2,15-8-18(24)20(19(25)9-15)33-13-22(28,29)12-23)14-4-6-17(7-5-14)32-11-16(27)10-26-34(3,30)31/h4-9,26,28-29H,10-13H2,1-3H3. The van der Waals surface area contributed by atoms with Crippen molar-refractivity contribution in [1.29, 1.82) is 0 Å². The van der Waals surface area contributed by atoms with Crippen molar-refractivity contribution in [2.45, 2.75) is 25.0 Å². The van der Waals surface area contributed by atoms with Gasteiger partial charge in [-0.25, -0.2) is 13.1 Å². The Hall–Kier alpha value is -1.59. The number of benzene rings is 2. The molecule has 2 aromatic rings. The lowest BCUT2D eigenvalue weighted by molar-refractivity contribution is -0.162. The van der Waals surface area contributed by atoms with Gasteiger partial charge in [-0.1, -0.05) is 49.2 Å². The van der Waals surface area contributed by atoms with E-state index < -0.39 is 39.5 Å². The maximum atomic E-state index is 11.8. The summed E-state index contributed by atoms with van der Waals surface area (Å²) in [6.07, 6.45) is 0.971. The number of ether oxygens (including phenoxy) is 2. The third-order valence-corrected chi connectivity index (χ3v) is 6.55. The highest BCUT2D eigenvalue weighted by molar-refractivity contribution is 7.88. The van der Waals surface area contributed by atoms with Gasteiger partial charge in [0.2, 0.25) is 15.8 Å². The molecule has 0 aliphatic carbocycles. The van der Waals surface area contributed by atoms with Gasteiger partial charge in [-0.15, -0.1) is 11.6 Å². The normalized spacial score (nSPS) is 12.5. The van der Waals surface area contributed by atoms with E-state index >= 15 is 0 Å². The Morgan fingerprint density at radius 2 is 1.59 bits per heavy atom. The van der Waals surface area contributed by atoms with Crippen LogP contribution in [-0.2, 0) is 20.2 Å². The zero-order chi connectivity index (χ0) is 25.7. The minimum atomic E-state index is -3.45. The largest absolute Gasteiger partial charge is 0.486 e. The van der Waals surface area contributed by atoms with Crippen LogP contribution in [0.1, 0.15) is 25.0 Å². The summed E-state index contributed by atoms with van der Waals surface area (Å²) in [6, 6.07) is 10.4. The van der Waals surface area contributed by atoms with Crippen LogP contribution in [0.15, 0.2) is 36.4 Å². The Morgan fingerprint density at radius 3 is 2.09 bits per heavy atom. The molecule has 0 atom stereocenters. The summed E-state index contributed by atoms with van der Waals surface area (Å²) < 4.78 is 35.0. The number of sulfonamides is 1. The molecule has 0 amide bonds. The minimum Gasteiger partial charge on any atom is -0.486 e. The van der Waals surface area contributed by atoms with E-state index in [4.69, 9.17) is 44.3 Å². The average Bonchev–Trinajstić information content (AvgIpc) is 2.75. The molecule has 0 bridgehead atoms. The van der Waals surface area contributed by atoms with E-state index in [0.717, 1.165) is 17.4 Å². The molecule has 0 heterocycles. The molecule has 188 valence electrons. The number of rotatable bonds is 12. The van der Waals surface area contributed by atoms with Crippen LogP contribution in [0, 0.1) is 0 Å². The van der Waals surface area contributed by atoms with Crippen molar-refractivity contribution in [3.63, 3.8) is 0 Å². The molecule has 2 rings (SSSR count). The predicted octanol–water partition coefficient (Wildman–Crippen LogP) is 3.11. The van der Waals surface area contributed by atoms with Crippen LogP contribution in [0.5, 0.6) is 11.5 Å². The first-order chi connectivity index (χ1) is 15.6. The van der Waals surface area contributed by atoms with E-state index in [-0.39, 0.29) is 28.9 Å². The lowest BCUT2D eigenvalue weighted by Gasteiger charge is -2.28. The van der Waals surface area contributed by atoms with E-state index in [2.05, 4.69) is 4.72 Å². The van der Waals surface area contributed by atoms with Crippen molar-refractivity contribution in [3.05, 3.63) is 57.6 Å². The Morgan fingerprint density at radius 1 is 1.03 bits per heavy atom. The maximum absolute atomic E-state index is 11.8. The van der Waals surface area contributed by atoms with Crippen LogP contribution in [0.2, 0.25) is 10.0 Å². The quantitative estimate of drug-likeness (QED) is 0.272. The van der Waals surface area contributed by atoms with Gasteiger partial charge >= 0.3 is 0 Å². The van der Waals surface area contributed by atoms with E-state index in [1.165, 1.54) is 0 Å². The Kier molecular flexibility index (Phi) is 9.63. The second-order valence-electron chi connectivity index (χ2n) is 8.24. The topological polar surface area (TPSA) is 122 Å². The molecule has 2 aromatic carbocycles. The third kappa shape index (κ3) is 8.27. The number of carbonyl (C=O) groups excluding carboxylic acids is 1. The summed E-state index contributed by atoms with van der Waals surface area (Å²) in [5, 5.41) is 19.6. The van der Waals surface area contributed by atoms with Crippen LogP contribution in [0.4, 0.5) is 0 Å². The van der Waals surface area contributed by atoms with Crippen molar-refractivity contribution >= 4 is 50.6 Å². The van der Waals surface area contributed by atoms with Gasteiger partial charge in [0.15, 0.2) is 11.5 Å². The summed E-state index contributed by atoms with van der Waals surface area (Å²) in [5.74, 6) is -2.52. The van der Waals surface area contributed by atoms with Crippen LogP contribution in [-0.4, -0.2) is 62.1 Å². The van der Waals surface area contributed by atoms with E-state index in [1.807, 2.05) is 26.0 Å². The predicted molar refractivity (Wildman–Crippen MR) is 132 cm³/mol. The zero-order valence-corrected chi connectivity index (χ0v) is 21.9. The minimum absolute atomic E-state index is 0.110. The number of halogens is 3. The van der Waals surface area contributed by atoms with Crippen molar-refractivity contribution in [1.82, 2.24) is 4.72 Å². The first-order valence-corrected chi connectivity index (χ1v) is 13.2. The molecule has 0 radical (unpaired) electrons. The molecule has 0 saturated carbocycles. The fraction of sp³-hybridized carbons (Fsp3) is 0.409. The van der Waals surface area contributed by atoms with E-state index in [0.29, 0.717) is 5.75 Å². The van der Waals surface area contributed by atoms with Gasteiger partial charge in [0.1, 0.15) is 19.0 Å². The Balaban J connectivity index is 2.11. The molecule has 0 spiro atoms. The zero-order valence-electron chi connectivity index (χ0n) is 18.8. The first kappa shape index (κ1) is 28.6. The van der Waals surface area contributed by atoms with Crippen LogP contribution in [0.25, 0.3) is 0 Å². The van der Waals surface area contributed by atoms with Crippen molar-refractivity contribution in [2.75, 3.05) is 31.9 Å². The SMILES string of the molecule is CC(C)(c1ccc(OCC(=O)CNS(C)(=O)=O)cc1)c1cc(Cl)c(OCC(O)(O)CCl)c(Cl)c1. The van der Waals surface area contributed by atoms with Gasteiger partial charge in [-0.3, -0.25) is 4.79 Å². The number of hydrogen-bond acceptors (Lipinski definition) is 7. The molecule has 0 unspecified atom stereocenters. The second kappa shape index (κ2) is 11.4. The molecule has 0 aliphatic heterocycles. The summed E-state index contributed by atoms with van der Waals surface area (Å²) >= 11 is 18.2. The highest BCUT2D eigenvalue weighted by atomic mass is 35.5.